The van der Waals surface area contributed by atoms with Gasteiger partial charge in [-0.2, -0.15) is 36.4 Å². The Bertz CT molecular complexity index is 852. The van der Waals surface area contributed by atoms with Crippen molar-refractivity contribution in [2.24, 2.45) is 0 Å². The molecule has 2 nitrogen and oxygen atoms in total. The maximum absolute atomic E-state index is 9.20. The molecule has 4 aromatic carbocycles. The first-order chi connectivity index (χ1) is 15.0. The molecular weight excluding hydrogens is 516 g/mol. The Hall–Kier alpha value is -1.94. The van der Waals surface area contributed by atoms with Crippen LogP contribution in [0.5, 0.6) is 11.5 Å². The van der Waals surface area contributed by atoms with E-state index in [-0.39, 0.29) is 26.2 Å². The van der Waals surface area contributed by atoms with E-state index in [4.69, 9.17) is 0 Å². The molecule has 33 heavy (non-hydrogen) atoms. The molecular formula is C28H38O2Si2Zr. The van der Waals surface area contributed by atoms with Crippen molar-refractivity contribution in [3.8, 4) is 11.5 Å². The van der Waals surface area contributed by atoms with Crippen molar-refractivity contribution >= 4 is 26.5 Å². The van der Waals surface area contributed by atoms with E-state index in [0.29, 0.717) is 11.5 Å². The molecule has 0 saturated heterocycles. The van der Waals surface area contributed by atoms with Crippen molar-refractivity contribution in [1.29, 1.82) is 0 Å². The maximum Gasteiger partial charge on any atom is 2.00 e. The summed E-state index contributed by atoms with van der Waals surface area (Å²) in [6, 6.07) is 35.1. The molecule has 0 saturated carbocycles. The molecule has 0 aliphatic rings. The van der Waals surface area contributed by atoms with Gasteiger partial charge in [-0.25, -0.2) is 24.3 Å². The van der Waals surface area contributed by atoms with Gasteiger partial charge in [0, 0.05) is 0 Å². The van der Waals surface area contributed by atoms with Gasteiger partial charge in [0.05, 0.1) is 16.1 Å². The summed E-state index contributed by atoms with van der Waals surface area (Å²) in [4.78, 5) is 0. The van der Waals surface area contributed by atoms with Gasteiger partial charge in [-0.15, -0.1) is 0 Å². The standard InChI is InChI=1S/2C9H14OSi.2C5H5.Zr/c2*1-11(2,3)9-6-4-5-8(10)7-9;2*1-2-4-5-3-1;/h2*4-7,10H,1-3H3;2*1-5H;/q;;2*-1;+2. The van der Waals surface area contributed by atoms with Gasteiger partial charge in [-0.05, 0) is 24.3 Å². The zero-order valence-electron chi connectivity index (χ0n) is 20.8. The monoisotopic (exact) mass is 552 g/mol. The van der Waals surface area contributed by atoms with Crippen LogP contribution >= 0.6 is 0 Å². The second-order valence-electron chi connectivity index (χ2n) is 9.53. The summed E-state index contributed by atoms with van der Waals surface area (Å²) < 4.78 is 0. The molecule has 5 heteroatoms. The molecule has 0 aliphatic heterocycles. The largest absolute Gasteiger partial charge is 2.00 e. The van der Waals surface area contributed by atoms with Crippen LogP contribution in [0.3, 0.4) is 0 Å². The van der Waals surface area contributed by atoms with Gasteiger partial charge >= 0.3 is 26.2 Å². The molecule has 2 N–H and O–H groups in total. The quantitative estimate of drug-likeness (QED) is 0.215. The van der Waals surface area contributed by atoms with Gasteiger partial charge in [0.15, 0.2) is 0 Å². The third-order valence-corrected chi connectivity index (χ3v) is 8.62. The fraction of sp³-hybridized carbons (Fsp3) is 0.214. The fourth-order valence-corrected chi connectivity index (χ4v) is 4.94. The minimum atomic E-state index is -1.22. The van der Waals surface area contributed by atoms with E-state index in [0.717, 1.165) is 0 Å². The molecule has 0 aromatic heterocycles. The second-order valence-corrected chi connectivity index (χ2v) is 19.7. The summed E-state index contributed by atoms with van der Waals surface area (Å²) in [6.45, 7) is 13.6. The van der Waals surface area contributed by atoms with Gasteiger partial charge in [0.1, 0.15) is 11.5 Å². The Balaban J connectivity index is 0.000000434. The minimum absolute atomic E-state index is 0. The maximum atomic E-state index is 9.20. The van der Waals surface area contributed by atoms with Crippen molar-refractivity contribution in [1.82, 2.24) is 0 Å². The van der Waals surface area contributed by atoms with Crippen LogP contribution in [0.15, 0.2) is 109 Å². The summed E-state index contributed by atoms with van der Waals surface area (Å²) in [6.07, 6.45) is 0. The van der Waals surface area contributed by atoms with Crippen LogP contribution in [0.1, 0.15) is 0 Å². The van der Waals surface area contributed by atoms with Gasteiger partial charge < -0.3 is 10.2 Å². The first-order valence-corrected chi connectivity index (χ1v) is 17.9. The van der Waals surface area contributed by atoms with Gasteiger partial charge in [-0.1, -0.05) is 73.9 Å². The summed E-state index contributed by atoms with van der Waals surface area (Å²) in [5.74, 6) is 0.759. The van der Waals surface area contributed by atoms with E-state index in [9.17, 15) is 10.2 Å². The Morgan fingerprint density at radius 3 is 0.970 bits per heavy atom. The van der Waals surface area contributed by atoms with Crippen LogP contribution in [0.25, 0.3) is 0 Å². The number of phenols is 2. The molecule has 0 radical (unpaired) electrons. The summed E-state index contributed by atoms with van der Waals surface area (Å²) in [7, 11) is -2.45. The third kappa shape index (κ3) is 14.7. The van der Waals surface area contributed by atoms with E-state index in [1.165, 1.54) is 10.4 Å². The van der Waals surface area contributed by atoms with E-state index in [2.05, 4.69) is 51.4 Å². The average Bonchev–Trinajstić information content (AvgIpc) is 3.46. The van der Waals surface area contributed by atoms with Crippen molar-refractivity contribution < 1.29 is 36.4 Å². The minimum Gasteiger partial charge on any atom is -0.508 e. The van der Waals surface area contributed by atoms with E-state index in [1.54, 1.807) is 12.1 Å². The fourth-order valence-electron chi connectivity index (χ4n) is 2.59. The SMILES string of the molecule is C[Si](C)(C)c1cccc(O)c1.C[Si](C)(C)c1cccc(O)c1.[Zr+2].c1cc[cH-]c1.c1cc[cH-]c1. The summed E-state index contributed by atoms with van der Waals surface area (Å²) in [5.41, 5.74) is 0. The third-order valence-electron chi connectivity index (χ3n) is 4.54. The summed E-state index contributed by atoms with van der Waals surface area (Å²) >= 11 is 0. The van der Waals surface area contributed by atoms with Crippen LogP contribution < -0.4 is 10.4 Å². The first kappa shape index (κ1) is 31.1. The Labute approximate surface area is 221 Å². The molecule has 0 fully saturated rings. The number of hydrogen-bond donors (Lipinski definition) is 2. The van der Waals surface area contributed by atoms with Crippen molar-refractivity contribution in [2.75, 3.05) is 0 Å². The van der Waals surface area contributed by atoms with Gasteiger partial charge in [-0.3, -0.25) is 0 Å². The van der Waals surface area contributed by atoms with Crippen molar-refractivity contribution in [3.63, 3.8) is 0 Å². The van der Waals surface area contributed by atoms with E-state index >= 15 is 0 Å². The van der Waals surface area contributed by atoms with E-state index in [1.807, 2.05) is 84.9 Å². The van der Waals surface area contributed by atoms with Crippen LogP contribution in [-0.4, -0.2) is 26.4 Å². The topological polar surface area (TPSA) is 40.5 Å². The van der Waals surface area contributed by atoms with Crippen molar-refractivity contribution in [2.45, 2.75) is 39.3 Å². The van der Waals surface area contributed by atoms with Crippen LogP contribution in [0.2, 0.25) is 39.3 Å². The molecule has 4 rings (SSSR count). The molecule has 0 amide bonds. The normalized spacial score (nSPS) is 10.1. The van der Waals surface area contributed by atoms with Gasteiger partial charge in [0.2, 0.25) is 0 Å². The molecule has 0 aliphatic carbocycles. The zero-order valence-corrected chi connectivity index (χ0v) is 25.2. The zero-order chi connectivity index (χ0) is 24.0. The predicted molar refractivity (Wildman–Crippen MR) is 146 cm³/mol. The van der Waals surface area contributed by atoms with Gasteiger partial charge in [0.25, 0.3) is 0 Å². The molecule has 4 aromatic rings. The number of rotatable bonds is 2. The number of benzene rings is 2. The molecule has 0 atom stereocenters. The van der Waals surface area contributed by atoms with E-state index < -0.39 is 16.1 Å². The molecule has 0 bridgehead atoms. The first-order valence-electron chi connectivity index (χ1n) is 10.9. The number of phenolic OH excluding ortho intramolecular Hbond substituents is 2. The molecule has 0 unspecified atom stereocenters. The van der Waals surface area contributed by atoms with Crippen LogP contribution in [-0.2, 0) is 26.2 Å². The van der Waals surface area contributed by atoms with Crippen LogP contribution in [0, 0.1) is 0 Å². The Morgan fingerprint density at radius 1 is 0.515 bits per heavy atom. The second kappa shape index (κ2) is 15.8. The number of aromatic hydroxyl groups is 2. The smallest absolute Gasteiger partial charge is 0.508 e. The Kier molecular flexibility index (Phi) is 14.9. The molecule has 0 spiro atoms. The van der Waals surface area contributed by atoms with Crippen molar-refractivity contribution in [3.05, 3.63) is 109 Å². The number of hydrogen-bond acceptors (Lipinski definition) is 2. The molecule has 0 heterocycles. The van der Waals surface area contributed by atoms with Crippen LogP contribution in [0.4, 0.5) is 0 Å². The summed E-state index contributed by atoms with van der Waals surface area (Å²) in [5, 5.41) is 21.0. The average molecular weight is 554 g/mol. The predicted octanol–water partition coefficient (Wildman–Crippen LogP) is 6.68. The molecule has 174 valence electrons. The Morgan fingerprint density at radius 2 is 0.818 bits per heavy atom.